The molecule has 0 unspecified atom stereocenters. The summed E-state index contributed by atoms with van der Waals surface area (Å²) >= 11 is 0. The van der Waals surface area contributed by atoms with Crippen molar-refractivity contribution in [3.8, 4) is 0 Å². The third-order valence-corrected chi connectivity index (χ3v) is 7.84. The van der Waals surface area contributed by atoms with Gasteiger partial charge in [-0.05, 0) is 23.7 Å². The quantitative estimate of drug-likeness (QED) is 0.281. The lowest BCUT2D eigenvalue weighted by Gasteiger charge is -2.30. The molecule has 0 aromatic heterocycles. The zero-order valence-electron chi connectivity index (χ0n) is 18.2. The highest BCUT2D eigenvalue weighted by atomic mass is 31.3. The summed E-state index contributed by atoms with van der Waals surface area (Å²) in [5, 5.41) is 0. The lowest BCUT2D eigenvalue weighted by Crippen LogP contribution is -2.19. The van der Waals surface area contributed by atoms with Crippen LogP contribution in [0.25, 0.3) is 0 Å². The topological polar surface area (TPSA) is 113 Å². The number of nitrogens with two attached hydrogens (primary N) is 2. The van der Waals surface area contributed by atoms with E-state index in [1.807, 2.05) is 0 Å². The number of hydrogen-bond donors (Lipinski definition) is 3. The van der Waals surface area contributed by atoms with Crippen molar-refractivity contribution in [2.24, 2.45) is 39.2 Å². The summed E-state index contributed by atoms with van der Waals surface area (Å²) in [4.78, 5) is 3.30. The van der Waals surface area contributed by atoms with Gasteiger partial charge in [-0.1, -0.05) is 55.4 Å². The molecule has 0 aromatic rings. The Morgan fingerprint density at radius 2 is 1.11 bits per heavy atom. The molecule has 8 nitrogen and oxygen atoms in total. The summed E-state index contributed by atoms with van der Waals surface area (Å²) in [6, 6.07) is 0. The molecule has 11 heteroatoms. The Bertz CT molecular complexity index is 410. The summed E-state index contributed by atoms with van der Waals surface area (Å²) in [7, 11) is -5.92. The molecular weight excluding hydrogens is 405 g/mol. The zero-order chi connectivity index (χ0) is 21.0. The van der Waals surface area contributed by atoms with Gasteiger partial charge in [0.25, 0.3) is 8.53 Å². The molecule has 0 saturated carbocycles. The van der Waals surface area contributed by atoms with E-state index in [9.17, 15) is 0 Å². The summed E-state index contributed by atoms with van der Waals surface area (Å²) in [5.41, 5.74) is 11.7. The van der Waals surface area contributed by atoms with Crippen molar-refractivity contribution < 1.29 is 18.1 Å². The maximum absolute atomic E-state index is 6.12. The van der Waals surface area contributed by atoms with Gasteiger partial charge in [0.15, 0.2) is 8.37 Å². The third kappa shape index (κ3) is 15.3. The van der Waals surface area contributed by atoms with Gasteiger partial charge in [0, 0.05) is 0 Å². The molecule has 0 spiro atoms. The standard InChI is InChI=1S/C16H41N4O4P3/c1-13(2)9-21-26(22-10-14(3)4)20-27(19-25(17)18,23-11-15(5)6)24-12-16(7)8/h13-16,20H,9-12,17-18H2,1-8H3. The number of hydrogen-bond acceptors (Lipinski definition) is 7. The number of nitrogens with one attached hydrogen (secondary N) is 1. The largest absolute Gasteiger partial charge is 0.322 e. The summed E-state index contributed by atoms with van der Waals surface area (Å²) in [6.45, 7) is 18.7. The van der Waals surface area contributed by atoms with E-state index in [0.29, 0.717) is 50.1 Å². The third-order valence-electron chi connectivity index (χ3n) is 2.65. The first-order valence-corrected chi connectivity index (χ1v) is 13.7. The Balaban J connectivity index is 5.55. The molecule has 0 bridgehead atoms. The highest BCUT2D eigenvalue weighted by Gasteiger charge is 2.30. The minimum absolute atomic E-state index is 0.310. The van der Waals surface area contributed by atoms with E-state index >= 15 is 0 Å². The van der Waals surface area contributed by atoms with Crippen molar-refractivity contribution in [3.05, 3.63) is 0 Å². The van der Waals surface area contributed by atoms with Crippen LogP contribution in [0.4, 0.5) is 0 Å². The molecule has 0 amide bonds. The predicted octanol–water partition coefficient (Wildman–Crippen LogP) is 5.58. The van der Waals surface area contributed by atoms with Crippen LogP contribution in [0.2, 0.25) is 0 Å². The minimum Gasteiger partial charge on any atom is -0.322 e. The maximum Gasteiger partial charge on any atom is 0.300 e. The SMILES string of the molecule is CC(C)COP(NP(=NP(N)N)(OCC(C)C)OCC(C)C)OCC(C)C. The van der Waals surface area contributed by atoms with Crippen LogP contribution in [0.5, 0.6) is 0 Å². The van der Waals surface area contributed by atoms with Crippen LogP contribution >= 0.6 is 24.6 Å². The van der Waals surface area contributed by atoms with Crippen molar-refractivity contribution in [2.75, 3.05) is 26.4 Å². The van der Waals surface area contributed by atoms with E-state index in [2.05, 4.69) is 64.8 Å². The molecule has 0 radical (unpaired) electrons. The molecule has 0 aromatic carbocycles. The van der Waals surface area contributed by atoms with E-state index in [0.717, 1.165) is 0 Å². The smallest absolute Gasteiger partial charge is 0.300 e. The van der Waals surface area contributed by atoms with Crippen molar-refractivity contribution in [1.82, 2.24) is 4.86 Å². The molecule has 0 atom stereocenters. The van der Waals surface area contributed by atoms with Crippen molar-refractivity contribution in [3.63, 3.8) is 0 Å². The highest BCUT2D eigenvalue weighted by Crippen LogP contribution is 2.59. The Labute approximate surface area is 169 Å². The van der Waals surface area contributed by atoms with Gasteiger partial charge in [-0.3, -0.25) is 11.0 Å². The van der Waals surface area contributed by atoms with Crippen LogP contribution in [-0.4, -0.2) is 26.4 Å². The molecule has 164 valence electrons. The van der Waals surface area contributed by atoms with Gasteiger partial charge in [-0.25, -0.2) is 0 Å². The summed E-state index contributed by atoms with van der Waals surface area (Å²) < 4.78 is 28.7. The van der Waals surface area contributed by atoms with Gasteiger partial charge >= 0.3 is 7.66 Å². The predicted molar refractivity (Wildman–Crippen MR) is 118 cm³/mol. The molecular formula is C16H41N4O4P3. The molecule has 0 aliphatic rings. The van der Waals surface area contributed by atoms with E-state index in [1.165, 1.54) is 0 Å². The average molecular weight is 446 g/mol. The first-order chi connectivity index (χ1) is 12.5. The monoisotopic (exact) mass is 446 g/mol. The lowest BCUT2D eigenvalue weighted by atomic mass is 10.2. The second kappa shape index (κ2) is 14.7. The van der Waals surface area contributed by atoms with Gasteiger partial charge in [0.1, 0.15) is 0 Å². The zero-order valence-corrected chi connectivity index (χ0v) is 20.9. The van der Waals surface area contributed by atoms with Crippen LogP contribution in [0.1, 0.15) is 55.4 Å². The first kappa shape index (κ1) is 27.8. The van der Waals surface area contributed by atoms with Crippen molar-refractivity contribution >= 4 is 24.6 Å². The molecule has 0 heterocycles. The summed E-state index contributed by atoms with van der Waals surface area (Å²) in [6.07, 6.45) is 0. The van der Waals surface area contributed by atoms with E-state index < -0.39 is 24.6 Å². The fraction of sp³-hybridized carbons (Fsp3) is 1.00. The molecule has 0 saturated heterocycles. The van der Waals surface area contributed by atoms with Crippen LogP contribution in [-0.2, 0) is 18.1 Å². The Morgan fingerprint density at radius 3 is 1.41 bits per heavy atom. The molecule has 0 aliphatic heterocycles. The Kier molecular flexibility index (Phi) is 15.2. The fourth-order valence-electron chi connectivity index (χ4n) is 1.43. The van der Waals surface area contributed by atoms with E-state index in [-0.39, 0.29) is 0 Å². The maximum atomic E-state index is 6.12. The second-order valence-electron chi connectivity index (χ2n) is 8.11. The van der Waals surface area contributed by atoms with Crippen LogP contribution in [0.3, 0.4) is 0 Å². The van der Waals surface area contributed by atoms with Gasteiger partial charge in [0.05, 0.1) is 26.4 Å². The van der Waals surface area contributed by atoms with E-state index in [1.54, 1.807) is 0 Å². The first-order valence-electron chi connectivity index (χ1n) is 9.50. The average Bonchev–Trinajstić information content (AvgIpc) is 2.52. The van der Waals surface area contributed by atoms with Gasteiger partial charge in [-0.2, -0.15) is 9.37 Å². The molecule has 5 N–H and O–H groups in total. The van der Waals surface area contributed by atoms with Crippen LogP contribution in [0.15, 0.2) is 4.52 Å². The van der Waals surface area contributed by atoms with Crippen molar-refractivity contribution in [2.45, 2.75) is 55.4 Å². The highest BCUT2D eigenvalue weighted by molar-refractivity contribution is 7.71. The van der Waals surface area contributed by atoms with Gasteiger partial charge in [0.2, 0.25) is 0 Å². The lowest BCUT2D eigenvalue weighted by molar-refractivity contribution is 0.187. The molecule has 0 aliphatic carbocycles. The minimum atomic E-state index is -2.90. The molecule has 27 heavy (non-hydrogen) atoms. The number of rotatable bonds is 15. The normalized spacial score (nSPS) is 13.2. The van der Waals surface area contributed by atoms with Crippen LogP contribution < -0.4 is 15.9 Å². The summed E-state index contributed by atoms with van der Waals surface area (Å²) in [5.74, 6) is 1.37. The van der Waals surface area contributed by atoms with Gasteiger partial charge in [-0.15, -0.1) is 0 Å². The Morgan fingerprint density at radius 1 is 0.741 bits per heavy atom. The Hall–Kier alpha value is 0.810. The second-order valence-corrected chi connectivity index (χ2v) is 13.0. The van der Waals surface area contributed by atoms with Crippen molar-refractivity contribution in [1.29, 1.82) is 0 Å². The number of nitrogens with zero attached hydrogens (tertiary/aromatic N) is 1. The fourth-order valence-corrected chi connectivity index (χ4v) is 7.22. The van der Waals surface area contributed by atoms with E-state index in [4.69, 9.17) is 29.1 Å². The molecule has 0 rings (SSSR count). The molecule has 0 fully saturated rings. The van der Waals surface area contributed by atoms with Gasteiger partial charge < -0.3 is 18.1 Å². The van der Waals surface area contributed by atoms with Crippen LogP contribution in [0, 0.1) is 23.7 Å².